The fourth-order valence-corrected chi connectivity index (χ4v) is 6.52. The summed E-state index contributed by atoms with van der Waals surface area (Å²) in [7, 11) is -1.92. The van der Waals surface area contributed by atoms with Gasteiger partial charge in [-0.15, -0.1) is 0 Å². The number of nitrogens with one attached hydrogen (secondary N) is 1. The maximum atomic E-state index is 12.9. The lowest BCUT2D eigenvalue weighted by Gasteiger charge is -2.39. The number of methoxy groups -OCH3 is 1. The number of carbonyl (C=O) groups excluding carboxylic acids is 1. The van der Waals surface area contributed by atoms with Crippen LogP contribution in [-0.2, 0) is 15.4 Å². The van der Waals surface area contributed by atoms with E-state index in [0.29, 0.717) is 64.5 Å². The summed E-state index contributed by atoms with van der Waals surface area (Å²) in [6.07, 6.45) is 3.85. The largest absolute Gasteiger partial charge is 0.479 e. The molecule has 1 aromatic carbocycles. The number of thiazole rings is 1. The van der Waals surface area contributed by atoms with Gasteiger partial charge in [0.15, 0.2) is 15.5 Å². The van der Waals surface area contributed by atoms with Gasteiger partial charge in [0.25, 0.3) is 0 Å². The van der Waals surface area contributed by atoms with E-state index in [9.17, 15) is 13.2 Å². The van der Waals surface area contributed by atoms with E-state index in [1.807, 2.05) is 6.07 Å². The zero-order valence-electron chi connectivity index (χ0n) is 17.9. The van der Waals surface area contributed by atoms with Crippen molar-refractivity contribution in [2.24, 2.45) is 0 Å². The Kier molecular flexibility index (Phi) is 5.33. The number of hydrogen-bond donors (Lipinski definition) is 1. The van der Waals surface area contributed by atoms with Gasteiger partial charge in [0.2, 0.25) is 15.9 Å². The Hall–Kier alpha value is -2.70. The van der Waals surface area contributed by atoms with Crippen molar-refractivity contribution >= 4 is 60.2 Å². The lowest BCUT2D eigenvalue weighted by atomic mass is 9.74. The smallest absolute Gasteiger partial charge is 0.323 e. The second kappa shape index (κ2) is 7.96. The van der Waals surface area contributed by atoms with Gasteiger partial charge >= 0.3 is 6.03 Å². The molecule has 10 nitrogen and oxygen atoms in total. The maximum Gasteiger partial charge on any atom is 0.323 e. The van der Waals surface area contributed by atoms with E-state index < -0.39 is 10.0 Å². The van der Waals surface area contributed by atoms with Gasteiger partial charge in [-0.25, -0.2) is 23.2 Å². The molecule has 13 heteroatoms. The molecule has 0 atom stereocenters. The minimum absolute atomic E-state index is 0.264. The molecule has 2 aromatic heterocycles. The highest BCUT2D eigenvalue weighted by molar-refractivity contribution is 7.92. The highest BCUT2D eigenvalue weighted by Gasteiger charge is 2.47. The summed E-state index contributed by atoms with van der Waals surface area (Å²) in [6, 6.07) is 5.06. The first-order valence-corrected chi connectivity index (χ1v) is 13.2. The van der Waals surface area contributed by atoms with Crippen molar-refractivity contribution in [3.05, 3.63) is 35.1 Å². The first-order chi connectivity index (χ1) is 15.7. The minimum atomic E-state index is -3.42. The van der Waals surface area contributed by atoms with Crippen LogP contribution in [0.1, 0.15) is 18.4 Å². The van der Waals surface area contributed by atoms with E-state index >= 15 is 0 Å². The Morgan fingerprint density at radius 1 is 1.27 bits per heavy atom. The predicted octanol–water partition coefficient (Wildman–Crippen LogP) is 3.09. The van der Waals surface area contributed by atoms with E-state index in [-0.39, 0.29) is 11.4 Å². The molecule has 1 spiro atoms. The van der Waals surface area contributed by atoms with Gasteiger partial charge in [-0.2, -0.15) is 4.98 Å². The number of fused-ring (bicyclic) bond motifs is 3. The molecule has 33 heavy (non-hydrogen) atoms. The molecule has 1 fully saturated rings. The molecule has 1 N–H and O–H groups in total. The van der Waals surface area contributed by atoms with Gasteiger partial charge < -0.3 is 9.64 Å². The fraction of sp³-hybridized carbons (Fsp3) is 0.400. The SMILES string of the molecule is COc1ncnc2sc(NC(=O)N3CCC4(CC3)CN(S(C)(=O)=O)c3ccc(Cl)cc34)nc12. The molecular weight excluding hydrogens is 488 g/mol. The molecule has 0 bridgehead atoms. The number of ether oxygens (including phenoxy) is 1. The van der Waals surface area contributed by atoms with Crippen molar-refractivity contribution in [1.82, 2.24) is 19.9 Å². The number of sulfonamides is 1. The number of aromatic nitrogens is 3. The van der Waals surface area contributed by atoms with Gasteiger partial charge in [-0.3, -0.25) is 9.62 Å². The van der Waals surface area contributed by atoms with E-state index in [2.05, 4.69) is 20.3 Å². The van der Waals surface area contributed by atoms with Crippen LogP contribution in [0.3, 0.4) is 0 Å². The van der Waals surface area contributed by atoms with Gasteiger partial charge in [0.05, 0.1) is 19.1 Å². The van der Waals surface area contributed by atoms with Crippen LogP contribution >= 0.6 is 22.9 Å². The van der Waals surface area contributed by atoms with Crippen LogP contribution in [0.4, 0.5) is 15.6 Å². The van der Waals surface area contributed by atoms with Crippen LogP contribution in [0.5, 0.6) is 5.88 Å². The normalized spacial score (nSPS) is 17.4. The summed E-state index contributed by atoms with van der Waals surface area (Å²) in [4.78, 5) is 27.8. The number of carbonyl (C=O) groups is 1. The summed E-state index contributed by atoms with van der Waals surface area (Å²) in [5.74, 6) is 0.352. The van der Waals surface area contributed by atoms with E-state index in [4.69, 9.17) is 16.3 Å². The topological polar surface area (TPSA) is 118 Å². The van der Waals surface area contributed by atoms with Crippen molar-refractivity contribution in [2.45, 2.75) is 18.3 Å². The highest BCUT2D eigenvalue weighted by atomic mass is 35.5. The third kappa shape index (κ3) is 3.85. The van der Waals surface area contributed by atoms with E-state index in [0.717, 1.165) is 5.56 Å². The Balaban J connectivity index is 1.33. The number of halogens is 1. The standard InChI is InChI=1S/C20H21ClN6O4S2/c1-31-16-15-17(23-11-22-16)32-18(24-15)25-19(28)26-7-5-20(6-8-26)10-27(33(2,29)30)14-4-3-12(21)9-13(14)20/h3-4,9,11H,5-8,10H2,1-2H3,(H,24,25,28). The number of benzene rings is 1. The number of nitrogens with zero attached hydrogens (tertiary/aromatic N) is 5. The quantitative estimate of drug-likeness (QED) is 0.577. The fourth-order valence-electron chi connectivity index (χ4n) is 4.56. The Morgan fingerprint density at radius 3 is 2.73 bits per heavy atom. The lowest BCUT2D eigenvalue weighted by Crippen LogP contribution is -2.48. The molecule has 2 aliphatic heterocycles. The Bertz CT molecular complexity index is 1350. The molecule has 0 saturated carbocycles. The van der Waals surface area contributed by atoms with Crippen molar-refractivity contribution in [1.29, 1.82) is 0 Å². The molecule has 4 heterocycles. The molecule has 3 aromatic rings. The maximum absolute atomic E-state index is 12.9. The van der Waals surface area contributed by atoms with Gasteiger partial charge in [0, 0.05) is 30.1 Å². The number of piperidine rings is 1. The summed E-state index contributed by atoms with van der Waals surface area (Å²) >= 11 is 7.49. The number of hydrogen-bond acceptors (Lipinski definition) is 8. The average Bonchev–Trinajstić information content (AvgIpc) is 3.33. The van der Waals surface area contributed by atoms with Crippen molar-refractivity contribution in [3.8, 4) is 5.88 Å². The first-order valence-electron chi connectivity index (χ1n) is 10.2. The molecule has 174 valence electrons. The summed E-state index contributed by atoms with van der Waals surface area (Å²) in [5.41, 5.74) is 1.72. The molecule has 5 rings (SSSR count). The van der Waals surface area contributed by atoms with Crippen LogP contribution in [0.25, 0.3) is 10.3 Å². The Labute approximate surface area is 199 Å². The first kappa shape index (κ1) is 22.1. The van der Waals surface area contributed by atoms with Crippen LogP contribution < -0.4 is 14.4 Å². The molecular formula is C20H21ClN6O4S2. The van der Waals surface area contributed by atoms with Crippen LogP contribution in [0, 0.1) is 0 Å². The number of likely N-dealkylation sites (tertiary alicyclic amines) is 1. The summed E-state index contributed by atoms with van der Waals surface area (Å²) in [5, 5.41) is 3.82. The summed E-state index contributed by atoms with van der Waals surface area (Å²) in [6.45, 7) is 1.31. The average molecular weight is 509 g/mol. The second-order valence-corrected chi connectivity index (χ2v) is 11.5. The predicted molar refractivity (Wildman–Crippen MR) is 127 cm³/mol. The number of amides is 2. The molecule has 0 radical (unpaired) electrons. The third-order valence-corrected chi connectivity index (χ3v) is 8.46. The third-order valence-electron chi connectivity index (χ3n) is 6.22. The molecule has 0 unspecified atom stereocenters. The zero-order valence-corrected chi connectivity index (χ0v) is 20.3. The van der Waals surface area contributed by atoms with Crippen molar-refractivity contribution in [2.75, 3.05) is 42.6 Å². The molecule has 2 amide bonds. The van der Waals surface area contributed by atoms with Gasteiger partial charge in [0.1, 0.15) is 6.33 Å². The van der Waals surface area contributed by atoms with Gasteiger partial charge in [-0.05, 0) is 36.6 Å². The number of rotatable bonds is 3. The second-order valence-electron chi connectivity index (χ2n) is 8.18. The van der Waals surface area contributed by atoms with Crippen molar-refractivity contribution in [3.63, 3.8) is 0 Å². The number of urea groups is 1. The lowest BCUT2D eigenvalue weighted by molar-refractivity contribution is 0.173. The zero-order chi connectivity index (χ0) is 23.4. The van der Waals surface area contributed by atoms with Crippen LogP contribution in [0.15, 0.2) is 24.5 Å². The van der Waals surface area contributed by atoms with Crippen LogP contribution in [0.2, 0.25) is 5.02 Å². The Morgan fingerprint density at radius 2 is 2.03 bits per heavy atom. The van der Waals surface area contributed by atoms with E-state index in [1.165, 1.54) is 35.3 Å². The number of anilines is 2. The van der Waals surface area contributed by atoms with Crippen LogP contribution in [-0.4, -0.2) is 67.3 Å². The summed E-state index contributed by atoms with van der Waals surface area (Å²) < 4.78 is 31.4. The highest BCUT2D eigenvalue weighted by Crippen LogP contribution is 2.48. The molecule has 0 aliphatic carbocycles. The minimum Gasteiger partial charge on any atom is -0.479 e. The molecule has 2 aliphatic rings. The van der Waals surface area contributed by atoms with E-state index in [1.54, 1.807) is 17.0 Å². The van der Waals surface area contributed by atoms with Gasteiger partial charge in [-0.1, -0.05) is 22.9 Å². The monoisotopic (exact) mass is 508 g/mol. The van der Waals surface area contributed by atoms with Crippen molar-refractivity contribution < 1.29 is 17.9 Å². The molecule has 1 saturated heterocycles.